The maximum absolute atomic E-state index is 12.8. The number of nitrogens with one attached hydrogen (secondary N) is 3. The molecule has 12 nitrogen and oxygen atoms in total. The summed E-state index contributed by atoms with van der Waals surface area (Å²) in [4.78, 5) is 59.6. The minimum absolute atomic E-state index is 0.0373. The summed E-state index contributed by atoms with van der Waals surface area (Å²) in [6.07, 6.45) is 7.14. The number of aliphatic imine (C=N–C) groups is 1. The average Bonchev–Trinajstić information content (AvgIpc) is 2.94. The van der Waals surface area contributed by atoms with Gasteiger partial charge in [-0.3, -0.25) is 20.2 Å². The SMILES string of the molecule is CC(C)(C)OC(=O)NC(=Nc1ccc(C2=CCN(C(=O)C=Cc3cnc4c(c3)CCC(=O)N4)CC2)cc1)NC(=O)OC(C)(C)C. The van der Waals surface area contributed by atoms with Gasteiger partial charge in [0.2, 0.25) is 17.8 Å². The standard InChI is InChI=1S/C33H40N6O6/c1-32(2,3)44-30(42)37-29(38-31(43)45-33(4,5)6)35-25-11-8-22(9-12-25)23-15-17-39(18-16-23)27(41)14-7-21-19-24-10-13-26(40)36-28(24)34-20-21/h7-9,11-12,14-15,19-20H,10,13,16-18H2,1-6H3,(H,34,36,40)(H2,35,37,38,42,43). The Morgan fingerprint density at radius 1 is 0.956 bits per heavy atom. The van der Waals surface area contributed by atoms with Crippen LogP contribution in [0, 0.1) is 0 Å². The van der Waals surface area contributed by atoms with Crippen LogP contribution in [0.4, 0.5) is 21.1 Å². The van der Waals surface area contributed by atoms with E-state index in [4.69, 9.17) is 9.47 Å². The van der Waals surface area contributed by atoms with Crippen LogP contribution >= 0.6 is 0 Å². The molecule has 0 atom stereocenters. The molecule has 1 aromatic carbocycles. The number of amides is 4. The van der Waals surface area contributed by atoms with Crippen LogP contribution in [-0.4, -0.2) is 64.1 Å². The fraction of sp³-hybridized carbons (Fsp3) is 0.394. The second-order valence-corrected chi connectivity index (χ2v) is 12.7. The number of carbonyl (C=O) groups is 4. The van der Waals surface area contributed by atoms with Crippen molar-refractivity contribution in [2.45, 2.75) is 72.0 Å². The van der Waals surface area contributed by atoms with Crippen molar-refractivity contribution < 1.29 is 28.7 Å². The summed E-state index contributed by atoms with van der Waals surface area (Å²) in [7, 11) is 0. The van der Waals surface area contributed by atoms with Gasteiger partial charge in [-0.2, -0.15) is 0 Å². The number of pyridine rings is 1. The number of hydrogen-bond donors (Lipinski definition) is 3. The van der Waals surface area contributed by atoms with Gasteiger partial charge in [-0.15, -0.1) is 0 Å². The maximum atomic E-state index is 12.8. The van der Waals surface area contributed by atoms with Gasteiger partial charge in [0.15, 0.2) is 0 Å². The van der Waals surface area contributed by atoms with E-state index in [0.29, 0.717) is 43.9 Å². The number of carbonyl (C=O) groups excluding carboxylic acids is 4. The molecule has 0 bridgehead atoms. The number of ether oxygens (including phenoxy) is 2. The van der Waals surface area contributed by atoms with Gasteiger partial charge in [0.25, 0.3) is 0 Å². The van der Waals surface area contributed by atoms with Gasteiger partial charge in [0, 0.05) is 31.8 Å². The molecule has 2 aromatic rings. The molecule has 12 heteroatoms. The van der Waals surface area contributed by atoms with E-state index in [2.05, 4.69) is 25.9 Å². The molecule has 0 unspecified atom stereocenters. The highest BCUT2D eigenvalue weighted by Crippen LogP contribution is 2.25. The van der Waals surface area contributed by atoms with Gasteiger partial charge in [0.1, 0.15) is 17.0 Å². The smallest absolute Gasteiger partial charge is 0.414 e. The van der Waals surface area contributed by atoms with Gasteiger partial charge in [0.05, 0.1) is 5.69 Å². The zero-order valence-corrected chi connectivity index (χ0v) is 26.5. The Morgan fingerprint density at radius 2 is 1.60 bits per heavy atom. The molecule has 3 heterocycles. The number of alkyl carbamates (subject to hydrolysis) is 2. The quantitative estimate of drug-likeness (QED) is 0.239. The number of fused-ring (bicyclic) bond motifs is 1. The van der Waals surface area contributed by atoms with Crippen LogP contribution < -0.4 is 16.0 Å². The van der Waals surface area contributed by atoms with Crippen molar-refractivity contribution >= 4 is 53.1 Å². The number of benzene rings is 1. The topological polar surface area (TPSA) is 151 Å². The fourth-order valence-electron chi connectivity index (χ4n) is 4.54. The van der Waals surface area contributed by atoms with Crippen LogP contribution in [0.5, 0.6) is 0 Å². The molecular weight excluding hydrogens is 576 g/mol. The van der Waals surface area contributed by atoms with Crippen LogP contribution in [0.15, 0.2) is 53.7 Å². The Labute approximate surface area is 263 Å². The van der Waals surface area contributed by atoms with E-state index in [9.17, 15) is 19.2 Å². The summed E-state index contributed by atoms with van der Waals surface area (Å²) in [5.41, 5.74) is 2.84. The second-order valence-electron chi connectivity index (χ2n) is 12.7. The minimum atomic E-state index is -0.774. The summed E-state index contributed by atoms with van der Waals surface area (Å²) in [6.45, 7) is 11.4. The first-order valence-corrected chi connectivity index (χ1v) is 14.8. The Balaban J connectivity index is 1.38. The normalized spacial score (nSPS) is 14.9. The summed E-state index contributed by atoms with van der Waals surface area (Å²) in [5, 5.41) is 7.70. The van der Waals surface area contributed by atoms with E-state index in [-0.39, 0.29) is 17.8 Å². The molecule has 3 N–H and O–H groups in total. The Kier molecular flexibility index (Phi) is 10.1. The third-order valence-electron chi connectivity index (χ3n) is 6.52. The second kappa shape index (κ2) is 13.7. The first-order chi connectivity index (χ1) is 21.1. The van der Waals surface area contributed by atoms with Gasteiger partial charge in [-0.25, -0.2) is 19.6 Å². The molecule has 4 amide bonds. The average molecular weight is 617 g/mol. The highest BCUT2D eigenvalue weighted by molar-refractivity contribution is 6.02. The number of rotatable bonds is 4. The van der Waals surface area contributed by atoms with Crippen LogP contribution in [0.25, 0.3) is 11.6 Å². The Hall–Kier alpha value is -5.00. The minimum Gasteiger partial charge on any atom is -0.444 e. The van der Waals surface area contributed by atoms with Crippen molar-refractivity contribution in [3.05, 3.63) is 65.4 Å². The van der Waals surface area contributed by atoms with Gasteiger partial charge >= 0.3 is 12.2 Å². The molecule has 0 spiro atoms. The largest absolute Gasteiger partial charge is 0.444 e. The van der Waals surface area contributed by atoms with Crippen molar-refractivity contribution in [2.24, 2.45) is 4.99 Å². The lowest BCUT2D eigenvalue weighted by atomic mass is 9.99. The summed E-state index contributed by atoms with van der Waals surface area (Å²) in [5.74, 6) is 0.315. The first kappa shape index (κ1) is 32.9. The number of nitrogens with zero attached hydrogens (tertiary/aromatic N) is 3. The molecule has 0 saturated heterocycles. The van der Waals surface area contributed by atoms with Crippen molar-refractivity contribution in [3.63, 3.8) is 0 Å². The highest BCUT2D eigenvalue weighted by atomic mass is 16.6. The predicted molar refractivity (Wildman–Crippen MR) is 172 cm³/mol. The van der Waals surface area contributed by atoms with Gasteiger partial charge in [-0.1, -0.05) is 18.2 Å². The first-order valence-electron chi connectivity index (χ1n) is 14.8. The third kappa shape index (κ3) is 10.3. The van der Waals surface area contributed by atoms with Crippen molar-refractivity contribution in [1.82, 2.24) is 20.5 Å². The summed E-state index contributed by atoms with van der Waals surface area (Å²) >= 11 is 0. The van der Waals surface area contributed by atoms with E-state index >= 15 is 0 Å². The Morgan fingerprint density at radius 3 is 2.18 bits per heavy atom. The van der Waals surface area contributed by atoms with E-state index in [1.54, 1.807) is 76.9 Å². The number of hydrogen-bond acceptors (Lipinski definition) is 8. The zero-order chi connectivity index (χ0) is 32.8. The number of aromatic nitrogens is 1. The molecular formula is C33H40N6O6. The van der Waals surface area contributed by atoms with Crippen LogP contribution in [0.3, 0.4) is 0 Å². The number of aryl methyl sites for hydroxylation is 1. The summed E-state index contributed by atoms with van der Waals surface area (Å²) < 4.78 is 10.6. The highest BCUT2D eigenvalue weighted by Gasteiger charge is 2.22. The van der Waals surface area contributed by atoms with Crippen molar-refractivity contribution in [1.29, 1.82) is 0 Å². The van der Waals surface area contributed by atoms with Crippen molar-refractivity contribution in [3.8, 4) is 0 Å². The molecule has 45 heavy (non-hydrogen) atoms. The zero-order valence-electron chi connectivity index (χ0n) is 26.5. The molecule has 4 rings (SSSR count). The molecule has 0 aliphatic carbocycles. The summed E-state index contributed by atoms with van der Waals surface area (Å²) in [6, 6.07) is 9.26. The van der Waals surface area contributed by atoms with E-state index in [1.165, 1.54) is 0 Å². The molecule has 1 aromatic heterocycles. The number of guanidine groups is 1. The van der Waals surface area contributed by atoms with Crippen LogP contribution in [0.1, 0.15) is 71.1 Å². The lowest BCUT2D eigenvalue weighted by Gasteiger charge is -2.25. The molecule has 2 aliphatic rings. The third-order valence-corrected chi connectivity index (χ3v) is 6.52. The number of anilines is 1. The molecule has 0 radical (unpaired) electrons. The Bertz CT molecular complexity index is 1510. The maximum Gasteiger partial charge on any atom is 0.414 e. The van der Waals surface area contributed by atoms with E-state index in [1.807, 2.05) is 24.3 Å². The van der Waals surface area contributed by atoms with E-state index in [0.717, 1.165) is 22.3 Å². The molecule has 238 valence electrons. The predicted octanol–water partition coefficient (Wildman–Crippen LogP) is 5.33. The van der Waals surface area contributed by atoms with Crippen molar-refractivity contribution in [2.75, 3.05) is 18.4 Å². The lowest BCUT2D eigenvalue weighted by Crippen LogP contribution is -2.47. The van der Waals surface area contributed by atoms with Crippen LogP contribution in [-0.2, 0) is 25.5 Å². The fourth-order valence-corrected chi connectivity index (χ4v) is 4.54. The van der Waals surface area contributed by atoms with E-state index < -0.39 is 23.4 Å². The van der Waals surface area contributed by atoms with Crippen LogP contribution in [0.2, 0.25) is 0 Å². The lowest BCUT2D eigenvalue weighted by molar-refractivity contribution is -0.125. The molecule has 0 fully saturated rings. The van der Waals surface area contributed by atoms with Gasteiger partial charge < -0.3 is 19.7 Å². The van der Waals surface area contributed by atoms with Gasteiger partial charge in [-0.05, 0) is 101 Å². The monoisotopic (exact) mass is 616 g/mol. The molecule has 0 saturated carbocycles. The molecule has 2 aliphatic heterocycles.